The van der Waals surface area contributed by atoms with Gasteiger partial charge in [0, 0.05) is 19.6 Å². The van der Waals surface area contributed by atoms with Crippen LogP contribution < -0.4 is 20.3 Å². The summed E-state index contributed by atoms with van der Waals surface area (Å²) in [7, 11) is 1.66. The molecule has 27 heavy (non-hydrogen) atoms. The third kappa shape index (κ3) is 5.37. The van der Waals surface area contributed by atoms with Crippen molar-refractivity contribution >= 4 is 17.3 Å². The van der Waals surface area contributed by atoms with Crippen molar-refractivity contribution in [2.75, 3.05) is 56.7 Å². The van der Waals surface area contributed by atoms with Crippen LogP contribution in [0, 0.1) is 0 Å². The molecule has 1 heterocycles. The monoisotopic (exact) mass is 369 g/mol. The van der Waals surface area contributed by atoms with E-state index in [9.17, 15) is 4.79 Å². The van der Waals surface area contributed by atoms with E-state index >= 15 is 0 Å². The minimum absolute atomic E-state index is 0.0262. The van der Waals surface area contributed by atoms with Crippen molar-refractivity contribution in [2.45, 2.75) is 6.42 Å². The van der Waals surface area contributed by atoms with Gasteiger partial charge in [-0.25, -0.2) is 0 Å². The molecule has 1 aliphatic heterocycles. The summed E-state index contributed by atoms with van der Waals surface area (Å²) in [6.07, 6.45) is 0.736. The lowest BCUT2D eigenvalue weighted by Crippen LogP contribution is -2.37. The molecule has 2 aromatic carbocycles. The summed E-state index contributed by atoms with van der Waals surface area (Å²) in [6, 6.07) is 15.9. The lowest BCUT2D eigenvalue weighted by Gasteiger charge is -2.30. The van der Waals surface area contributed by atoms with E-state index in [-0.39, 0.29) is 12.5 Å². The summed E-state index contributed by atoms with van der Waals surface area (Å²) >= 11 is 0. The van der Waals surface area contributed by atoms with Crippen LogP contribution in [0.2, 0.25) is 0 Å². The first-order valence-electron chi connectivity index (χ1n) is 9.32. The van der Waals surface area contributed by atoms with Crippen LogP contribution in [-0.2, 0) is 16.0 Å². The Kier molecular flexibility index (Phi) is 6.93. The van der Waals surface area contributed by atoms with Gasteiger partial charge in [-0.05, 0) is 30.2 Å². The Morgan fingerprint density at radius 2 is 1.85 bits per heavy atom. The zero-order valence-electron chi connectivity index (χ0n) is 15.7. The summed E-state index contributed by atoms with van der Waals surface area (Å²) in [4.78, 5) is 14.5. The molecule has 1 fully saturated rings. The maximum Gasteiger partial charge on any atom is 0.239 e. The number of ether oxygens (including phenoxy) is 2. The smallest absolute Gasteiger partial charge is 0.239 e. The maximum absolute atomic E-state index is 12.2. The van der Waals surface area contributed by atoms with Crippen molar-refractivity contribution in [2.24, 2.45) is 0 Å². The highest BCUT2D eigenvalue weighted by Gasteiger charge is 2.14. The number of para-hydroxylation sites is 3. The standard InChI is InChI=1S/C21H27N3O3/c1-26-20-9-5-2-6-17(20)10-11-22-21(25)16-23-18-7-3-4-8-19(18)24-12-14-27-15-13-24/h2-9,23H,10-16H2,1H3,(H,22,25). The summed E-state index contributed by atoms with van der Waals surface area (Å²) in [5.41, 5.74) is 3.17. The fourth-order valence-electron chi connectivity index (χ4n) is 3.19. The van der Waals surface area contributed by atoms with Gasteiger partial charge < -0.3 is 25.0 Å². The predicted octanol–water partition coefficient (Wildman–Crippen LogP) is 2.30. The third-order valence-corrected chi connectivity index (χ3v) is 4.60. The van der Waals surface area contributed by atoms with Gasteiger partial charge in [-0.1, -0.05) is 30.3 Å². The molecule has 0 spiro atoms. The Bertz CT molecular complexity index is 745. The average Bonchev–Trinajstić information content (AvgIpc) is 2.73. The highest BCUT2D eigenvalue weighted by atomic mass is 16.5. The van der Waals surface area contributed by atoms with Crippen LogP contribution in [0.3, 0.4) is 0 Å². The molecule has 1 amide bonds. The Balaban J connectivity index is 1.48. The van der Waals surface area contributed by atoms with Crippen molar-refractivity contribution in [3.8, 4) is 5.75 Å². The largest absolute Gasteiger partial charge is 0.496 e. The lowest BCUT2D eigenvalue weighted by atomic mass is 10.1. The second kappa shape index (κ2) is 9.83. The molecule has 1 saturated heterocycles. The molecule has 2 N–H and O–H groups in total. The molecule has 2 aromatic rings. The molecule has 0 radical (unpaired) electrons. The number of benzene rings is 2. The fourth-order valence-corrected chi connectivity index (χ4v) is 3.19. The Labute approximate surface area is 160 Å². The minimum Gasteiger partial charge on any atom is -0.496 e. The molecule has 0 aromatic heterocycles. The van der Waals surface area contributed by atoms with E-state index in [4.69, 9.17) is 9.47 Å². The van der Waals surface area contributed by atoms with Gasteiger partial charge in [-0.3, -0.25) is 4.79 Å². The van der Waals surface area contributed by atoms with Gasteiger partial charge >= 0.3 is 0 Å². The van der Waals surface area contributed by atoms with E-state index < -0.39 is 0 Å². The number of anilines is 2. The van der Waals surface area contributed by atoms with E-state index in [0.29, 0.717) is 6.54 Å². The van der Waals surface area contributed by atoms with Crippen molar-refractivity contribution in [1.82, 2.24) is 5.32 Å². The Morgan fingerprint density at radius 3 is 2.67 bits per heavy atom. The van der Waals surface area contributed by atoms with Crippen LogP contribution in [0.15, 0.2) is 48.5 Å². The van der Waals surface area contributed by atoms with Crippen LogP contribution in [0.5, 0.6) is 5.75 Å². The molecule has 0 aliphatic carbocycles. The minimum atomic E-state index is -0.0262. The van der Waals surface area contributed by atoms with Crippen molar-refractivity contribution in [3.63, 3.8) is 0 Å². The number of hydrogen-bond acceptors (Lipinski definition) is 5. The molecule has 1 aliphatic rings. The lowest BCUT2D eigenvalue weighted by molar-refractivity contribution is -0.119. The molecule has 0 saturated carbocycles. The number of methoxy groups -OCH3 is 1. The number of carbonyl (C=O) groups is 1. The van der Waals surface area contributed by atoms with Gasteiger partial charge in [0.15, 0.2) is 0 Å². The number of hydrogen-bond donors (Lipinski definition) is 2. The SMILES string of the molecule is COc1ccccc1CCNC(=O)CNc1ccccc1N1CCOCC1. The van der Waals surface area contributed by atoms with Gasteiger partial charge in [-0.2, -0.15) is 0 Å². The van der Waals surface area contributed by atoms with Gasteiger partial charge in [0.2, 0.25) is 5.91 Å². The molecule has 6 heteroatoms. The third-order valence-electron chi connectivity index (χ3n) is 4.60. The second-order valence-electron chi connectivity index (χ2n) is 6.38. The van der Waals surface area contributed by atoms with Crippen LogP contribution in [0.1, 0.15) is 5.56 Å². The zero-order chi connectivity index (χ0) is 18.9. The summed E-state index contributed by atoms with van der Waals surface area (Å²) < 4.78 is 10.8. The first-order valence-corrected chi connectivity index (χ1v) is 9.32. The number of carbonyl (C=O) groups excluding carboxylic acids is 1. The van der Waals surface area contributed by atoms with E-state index in [1.807, 2.05) is 42.5 Å². The molecule has 0 bridgehead atoms. The molecule has 6 nitrogen and oxygen atoms in total. The number of morpholine rings is 1. The number of nitrogens with one attached hydrogen (secondary N) is 2. The highest BCUT2D eigenvalue weighted by Crippen LogP contribution is 2.26. The molecule has 0 unspecified atom stereocenters. The predicted molar refractivity (Wildman–Crippen MR) is 108 cm³/mol. The maximum atomic E-state index is 12.2. The number of nitrogens with zero attached hydrogens (tertiary/aromatic N) is 1. The van der Waals surface area contributed by atoms with Crippen LogP contribution in [0.25, 0.3) is 0 Å². The van der Waals surface area contributed by atoms with Crippen LogP contribution >= 0.6 is 0 Å². The first kappa shape index (κ1) is 19.0. The summed E-state index contributed by atoms with van der Waals surface area (Å²) in [6.45, 7) is 4.02. The molecule has 0 atom stereocenters. The van der Waals surface area contributed by atoms with E-state index in [1.165, 1.54) is 0 Å². The van der Waals surface area contributed by atoms with Crippen molar-refractivity contribution in [1.29, 1.82) is 0 Å². The van der Waals surface area contributed by atoms with E-state index in [2.05, 4.69) is 21.6 Å². The van der Waals surface area contributed by atoms with E-state index in [1.54, 1.807) is 7.11 Å². The first-order chi connectivity index (χ1) is 13.3. The summed E-state index contributed by atoms with van der Waals surface area (Å²) in [5.74, 6) is 0.825. The van der Waals surface area contributed by atoms with Gasteiger partial charge in [0.05, 0.1) is 38.2 Å². The van der Waals surface area contributed by atoms with Crippen LogP contribution in [-0.4, -0.2) is 52.4 Å². The second-order valence-corrected chi connectivity index (χ2v) is 6.38. The zero-order valence-corrected chi connectivity index (χ0v) is 15.7. The Morgan fingerprint density at radius 1 is 1.11 bits per heavy atom. The van der Waals surface area contributed by atoms with E-state index in [0.717, 1.165) is 55.4 Å². The molecular formula is C21H27N3O3. The van der Waals surface area contributed by atoms with Crippen molar-refractivity contribution < 1.29 is 14.3 Å². The molecule has 3 rings (SSSR count). The topological polar surface area (TPSA) is 62.8 Å². The molecule has 144 valence electrons. The Hall–Kier alpha value is -2.73. The number of amides is 1. The normalized spacial score (nSPS) is 13.9. The quantitative estimate of drug-likeness (QED) is 0.748. The highest BCUT2D eigenvalue weighted by molar-refractivity contribution is 5.82. The van der Waals surface area contributed by atoms with Gasteiger partial charge in [0.1, 0.15) is 5.75 Å². The van der Waals surface area contributed by atoms with Gasteiger partial charge in [0.25, 0.3) is 0 Å². The number of rotatable bonds is 8. The molecular weight excluding hydrogens is 342 g/mol. The van der Waals surface area contributed by atoms with Gasteiger partial charge in [-0.15, -0.1) is 0 Å². The average molecular weight is 369 g/mol. The fraction of sp³-hybridized carbons (Fsp3) is 0.381. The summed E-state index contributed by atoms with van der Waals surface area (Å²) in [5, 5.41) is 6.22. The van der Waals surface area contributed by atoms with Crippen molar-refractivity contribution in [3.05, 3.63) is 54.1 Å². The van der Waals surface area contributed by atoms with Crippen LogP contribution in [0.4, 0.5) is 11.4 Å².